The third kappa shape index (κ3) is 3.51. The molecular formula is C18H22N4O2S. The fourth-order valence-electron chi connectivity index (χ4n) is 2.85. The lowest BCUT2D eigenvalue weighted by atomic mass is 9.97. The van der Waals surface area contributed by atoms with E-state index < -0.39 is 0 Å². The zero-order chi connectivity index (χ0) is 18.2. The van der Waals surface area contributed by atoms with E-state index in [2.05, 4.69) is 28.4 Å². The average Bonchev–Trinajstić information content (AvgIpc) is 2.55. The molecular weight excluding hydrogens is 336 g/mol. The maximum Gasteiger partial charge on any atom is 0.221 e. The van der Waals surface area contributed by atoms with E-state index in [1.54, 1.807) is 25.1 Å². The summed E-state index contributed by atoms with van der Waals surface area (Å²) in [6, 6.07) is 4.07. The van der Waals surface area contributed by atoms with Gasteiger partial charge in [-0.25, -0.2) is 4.98 Å². The summed E-state index contributed by atoms with van der Waals surface area (Å²) in [4.78, 5) is 9.21. The molecule has 0 bridgehead atoms. The molecule has 1 aromatic carbocycles. The first kappa shape index (κ1) is 17.4. The zero-order valence-corrected chi connectivity index (χ0v) is 15.6. The van der Waals surface area contributed by atoms with E-state index in [1.807, 2.05) is 19.9 Å². The van der Waals surface area contributed by atoms with Crippen molar-refractivity contribution in [3.63, 3.8) is 0 Å². The Morgan fingerprint density at radius 3 is 2.68 bits per heavy atom. The highest BCUT2D eigenvalue weighted by Crippen LogP contribution is 2.46. The fraction of sp³-hybridized carbons (Fsp3) is 0.333. The van der Waals surface area contributed by atoms with Crippen LogP contribution in [0.3, 0.4) is 0 Å². The molecule has 0 saturated heterocycles. The Bertz CT molecular complexity index is 849. The lowest BCUT2D eigenvalue weighted by Crippen LogP contribution is -2.29. The number of fused-ring (bicyclic) bond motifs is 1. The van der Waals surface area contributed by atoms with E-state index >= 15 is 0 Å². The summed E-state index contributed by atoms with van der Waals surface area (Å²) >= 11 is 1.69. The van der Waals surface area contributed by atoms with Gasteiger partial charge in [0.25, 0.3) is 0 Å². The number of ether oxygens (including phenoxy) is 2. The number of anilines is 2. The Kier molecular flexibility index (Phi) is 4.51. The van der Waals surface area contributed by atoms with Crippen LogP contribution in [-0.4, -0.2) is 28.9 Å². The molecule has 1 aromatic heterocycles. The number of methoxy groups -OCH3 is 1. The van der Waals surface area contributed by atoms with Gasteiger partial charge < -0.3 is 20.9 Å². The molecule has 0 amide bonds. The second kappa shape index (κ2) is 6.48. The van der Waals surface area contributed by atoms with Crippen LogP contribution in [0.1, 0.15) is 30.5 Å². The van der Waals surface area contributed by atoms with Gasteiger partial charge in [-0.05, 0) is 43.9 Å². The number of nitrogens with zero attached hydrogens (tertiary/aromatic N) is 2. The van der Waals surface area contributed by atoms with Crippen LogP contribution in [0.15, 0.2) is 24.4 Å². The Balaban J connectivity index is 2.06. The Morgan fingerprint density at radius 2 is 2.04 bits per heavy atom. The lowest BCUT2D eigenvalue weighted by Gasteiger charge is -2.32. The summed E-state index contributed by atoms with van der Waals surface area (Å²) in [6.45, 7) is 4.07. The Hall–Kier alpha value is -2.41. The van der Waals surface area contributed by atoms with Crippen molar-refractivity contribution in [2.75, 3.05) is 24.8 Å². The van der Waals surface area contributed by atoms with E-state index in [0.717, 1.165) is 27.3 Å². The van der Waals surface area contributed by atoms with Crippen molar-refractivity contribution in [1.29, 1.82) is 0 Å². The minimum atomic E-state index is -0.380. The maximum atomic E-state index is 6.14. The number of nitrogen functional groups attached to an aromatic ring is 2. The average molecular weight is 358 g/mol. The topological polar surface area (TPSA) is 96.3 Å². The summed E-state index contributed by atoms with van der Waals surface area (Å²) < 4.78 is 11.7. The first-order valence-corrected chi connectivity index (χ1v) is 9.09. The molecule has 0 saturated carbocycles. The van der Waals surface area contributed by atoms with Gasteiger partial charge >= 0.3 is 0 Å². The number of benzene rings is 1. The number of rotatable bonds is 4. The molecule has 7 heteroatoms. The number of thioether (sulfide) groups is 1. The summed E-state index contributed by atoms with van der Waals surface area (Å²) in [5, 5.41) is 0. The highest BCUT2D eigenvalue weighted by Gasteiger charge is 2.29. The monoisotopic (exact) mass is 358 g/mol. The van der Waals surface area contributed by atoms with Gasteiger partial charge in [-0.1, -0.05) is 0 Å². The molecule has 6 nitrogen and oxygen atoms in total. The molecule has 0 atom stereocenters. The lowest BCUT2D eigenvalue weighted by molar-refractivity contribution is 0.152. The Labute approximate surface area is 151 Å². The van der Waals surface area contributed by atoms with Crippen LogP contribution in [0.25, 0.3) is 4.91 Å². The van der Waals surface area contributed by atoms with Crippen molar-refractivity contribution in [2.45, 2.75) is 25.9 Å². The molecule has 0 aliphatic carbocycles. The summed E-state index contributed by atoms with van der Waals surface area (Å²) in [5.74, 6) is 2.04. The van der Waals surface area contributed by atoms with Crippen LogP contribution in [0.2, 0.25) is 0 Å². The summed E-state index contributed by atoms with van der Waals surface area (Å²) in [7, 11) is 1.65. The van der Waals surface area contributed by atoms with Crippen molar-refractivity contribution in [3.8, 4) is 11.5 Å². The molecule has 0 fully saturated rings. The van der Waals surface area contributed by atoms with Crippen LogP contribution in [-0.2, 0) is 6.42 Å². The number of hydrogen-bond acceptors (Lipinski definition) is 7. The van der Waals surface area contributed by atoms with E-state index in [0.29, 0.717) is 18.0 Å². The quantitative estimate of drug-likeness (QED) is 0.867. The standard InChI is InChI=1S/C18H22N4O2S/c1-18(2)8-14(25-4)12-6-10(7-13(23-3)15(12)24-18)5-11-9-21-17(20)22-16(11)19/h6-9H,5H2,1-4H3,(H4,19,20,21,22). The predicted molar refractivity (Wildman–Crippen MR) is 103 cm³/mol. The molecule has 132 valence electrons. The Morgan fingerprint density at radius 1 is 1.28 bits per heavy atom. The molecule has 1 aliphatic rings. The van der Waals surface area contributed by atoms with Gasteiger partial charge in [0.15, 0.2) is 11.5 Å². The second-order valence-corrected chi connectivity index (χ2v) is 7.26. The van der Waals surface area contributed by atoms with E-state index in [4.69, 9.17) is 20.9 Å². The van der Waals surface area contributed by atoms with Crippen molar-refractivity contribution >= 4 is 28.4 Å². The predicted octanol–water partition coefficient (Wildman–Crippen LogP) is 3.12. The van der Waals surface area contributed by atoms with Crippen LogP contribution < -0.4 is 20.9 Å². The molecule has 0 spiro atoms. The number of nitrogens with two attached hydrogens (primary N) is 2. The fourth-order valence-corrected chi connectivity index (χ4v) is 3.62. The first-order valence-electron chi connectivity index (χ1n) is 7.87. The SMILES string of the molecule is COc1cc(Cc2cnc(N)nc2N)cc2c1OC(C)(C)C=C2SC. The molecule has 4 N–H and O–H groups in total. The van der Waals surface area contributed by atoms with Crippen LogP contribution in [0, 0.1) is 0 Å². The van der Waals surface area contributed by atoms with Gasteiger partial charge in [-0.2, -0.15) is 4.98 Å². The highest BCUT2D eigenvalue weighted by atomic mass is 32.2. The molecule has 2 aromatic rings. The van der Waals surface area contributed by atoms with Gasteiger partial charge in [0.2, 0.25) is 5.95 Å². The third-order valence-electron chi connectivity index (χ3n) is 3.97. The summed E-state index contributed by atoms with van der Waals surface area (Å²) in [5.41, 5.74) is 14.0. The molecule has 2 heterocycles. The first-order chi connectivity index (χ1) is 11.8. The number of hydrogen-bond donors (Lipinski definition) is 2. The van der Waals surface area contributed by atoms with Gasteiger partial charge in [0.1, 0.15) is 11.4 Å². The van der Waals surface area contributed by atoms with E-state index in [9.17, 15) is 0 Å². The van der Waals surface area contributed by atoms with Crippen molar-refractivity contribution < 1.29 is 9.47 Å². The van der Waals surface area contributed by atoms with Gasteiger partial charge in [-0.15, -0.1) is 11.8 Å². The minimum Gasteiger partial charge on any atom is -0.493 e. The molecule has 0 unspecified atom stereocenters. The van der Waals surface area contributed by atoms with Crippen LogP contribution in [0.4, 0.5) is 11.8 Å². The smallest absolute Gasteiger partial charge is 0.221 e. The van der Waals surface area contributed by atoms with Crippen molar-refractivity contribution in [3.05, 3.63) is 41.1 Å². The normalized spacial score (nSPS) is 15.1. The van der Waals surface area contributed by atoms with Crippen LogP contribution in [0.5, 0.6) is 11.5 Å². The van der Waals surface area contributed by atoms with Crippen molar-refractivity contribution in [1.82, 2.24) is 9.97 Å². The zero-order valence-electron chi connectivity index (χ0n) is 14.8. The minimum absolute atomic E-state index is 0.174. The number of aromatic nitrogens is 2. The molecule has 0 radical (unpaired) electrons. The highest BCUT2D eigenvalue weighted by molar-refractivity contribution is 8.07. The van der Waals surface area contributed by atoms with E-state index in [1.165, 1.54) is 0 Å². The summed E-state index contributed by atoms with van der Waals surface area (Å²) in [6.07, 6.45) is 6.43. The molecule has 3 rings (SSSR count). The molecule has 25 heavy (non-hydrogen) atoms. The second-order valence-electron chi connectivity index (χ2n) is 6.41. The molecule has 1 aliphatic heterocycles. The maximum absolute atomic E-state index is 6.14. The van der Waals surface area contributed by atoms with E-state index in [-0.39, 0.29) is 11.5 Å². The van der Waals surface area contributed by atoms with Crippen molar-refractivity contribution in [2.24, 2.45) is 0 Å². The van der Waals surface area contributed by atoms with Gasteiger partial charge in [0, 0.05) is 28.6 Å². The largest absolute Gasteiger partial charge is 0.493 e. The van der Waals surface area contributed by atoms with Gasteiger partial charge in [0.05, 0.1) is 7.11 Å². The third-order valence-corrected chi connectivity index (χ3v) is 4.75. The van der Waals surface area contributed by atoms with Crippen LogP contribution >= 0.6 is 11.8 Å². The van der Waals surface area contributed by atoms with Gasteiger partial charge in [-0.3, -0.25) is 0 Å².